The van der Waals surface area contributed by atoms with Crippen LogP contribution < -0.4 is 4.90 Å². The second-order valence-corrected chi connectivity index (χ2v) is 6.61. The highest BCUT2D eigenvalue weighted by Gasteiger charge is 2.29. The first-order chi connectivity index (χ1) is 13.6. The first-order valence-electron chi connectivity index (χ1n) is 8.96. The van der Waals surface area contributed by atoms with E-state index in [2.05, 4.69) is 25.0 Å². The summed E-state index contributed by atoms with van der Waals surface area (Å²) in [5, 5.41) is 17.6. The van der Waals surface area contributed by atoms with Crippen molar-refractivity contribution in [3.63, 3.8) is 0 Å². The summed E-state index contributed by atoms with van der Waals surface area (Å²) in [6, 6.07) is 9.69. The summed E-state index contributed by atoms with van der Waals surface area (Å²) in [4.78, 5) is 18.8. The van der Waals surface area contributed by atoms with Gasteiger partial charge in [0, 0.05) is 49.6 Å². The number of piperazine rings is 1. The van der Waals surface area contributed by atoms with Crippen LogP contribution in [0.15, 0.2) is 55.0 Å². The molecule has 0 saturated carbocycles. The third kappa shape index (κ3) is 3.56. The fraction of sp³-hybridized carbons (Fsp3) is 0.263. The zero-order chi connectivity index (χ0) is 19.5. The Hall–Kier alpha value is -3.33. The normalized spacial score (nSPS) is 16.1. The largest absolute Gasteiger partial charge is 0.354 e. The van der Waals surface area contributed by atoms with Crippen molar-refractivity contribution in [2.45, 2.75) is 6.04 Å². The molecule has 0 radical (unpaired) electrons. The van der Waals surface area contributed by atoms with Gasteiger partial charge in [0.15, 0.2) is 0 Å². The predicted octanol–water partition coefficient (Wildman–Crippen LogP) is 2.76. The van der Waals surface area contributed by atoms with E-state index in [1.54, 1.807) is 30.6 Å². The SMILES string of the molecule is O=[N+]([O-])c1ccc(N2CCN(C(c3cn[nH]c3)c3ccccc3F)CC2)nc1. The van der Waals surface area contributed by atoms with Crippen molar-refractivity contribution in [1.82, 2.24) is 20.1 Å². The molecule has 0 amide bonds. The van der Waals surface area contributed by atoms with Crippen molar-refractivity contribution in [3.8, 4) is 0 Å². The summed E-state index contributed by atoms with van der Waals surface area (Å²) in [6.07, 6.45) is 4.79. The molecule has 1 N–H and O–H groups in total. The van der Waals surface area contributed by atoms with Crippen LogP contribution >= 0.6 is 0 Å². The van der Waals surface area contributed by atoms with E-state index in [0.717, 1.165) is 5.56 Å². The maximum Gasteiger partial charge on any atom is 0.287 e. The summed E-state index contributed by atoms with van der Waals surface area (Å²) in [5.41, 5.74) is 1.50. The molecule has 1 aliphatic rings. The highest BCUT2D eigenvalue weighted by atomic mass is 19.1. The maximum atomic E-state index is 14.5. The molecule has 3 heterocycles. The van der Waals surface area contributed by atoms with Crippen LogP contribution in [0, 0.1) is 15.9 Å². The fourth-order valence-electron chi connectivity index (χ4n) is 3.58. The lowest BCUT2D eigenvalue weighted by molar-refractivity contribution is -0.385. The number of nitrogens with zero attached hydrogens (tertiary/aromatic N) is 5. The van der Waals surface area contributed by atoms with Gasteiger partial charge >= 0.3 is 0 Å². The highest BCUT2D eigenvalue weighted by molar-refractivity contribution is 5.43. The summed E-state index contributed by atoms with van der Waals surface area (Å²) >= 11 is 0. The Labute approximate surface area is 160 Å². The van der Waals surface area contributed by atoms with Gasteiger partial charge in [0.1, 0.15) is 17.8 Å². The molecule has 1 unspecified atom stereocenters. The number of rotatable bonds is 5. The highest BCUT2D eigenvalue weighted by Crippen LogP contribution is 2.31. The fourth-order valence-corrected chi connectivity index (χ4v) is 3.58. The first kappa shape index (κ1) is 18.1. The van der Waals surface area contributed by atoms with Crippen molar-refractivity contribution >= 4 is 11.5 Å². The van der Waals surface area contributed by atoms with Gasteiger partial charge in [0.25, 0.3) is 5.69 Å². The molecule has 1 saturated heterocycles. The summed E-state index contributed by atoms with van der Waals surface area (Å²) < 4.78 is 14.5. The van der Waals surface area contributed by atoms with Gasteiger partial charge in [-0.15, -0.1) is 0 Å². The van der Waals surface area contributed by atoms with Gasteiger partial charge in [-0.2, -0.15) is 5.10 Å². The van der Waals surface area contributed by atoms with Gasteiger partial charge in [-0.3, -0.25) is 20.1 Å². The molecule has 0 aliphatic carbocycles. The number of halogens is 1. The predicted molar refractivity (Wildman–Crippen MR) is 102 cm³/mol. The third-order valence-electron chi connectivity index (χ3n) is 4.98. The number of pyridine rings is 1. The molecular weight excluding hydrogens is 363 g/mol. The average Bonchev–Trinajstić information content (AvgIpc) is 3.25. The quantitative estimate of drug-likeness (QED) is 0.539. The lowest BCUT2D eigenvalue weighted by Crippen LogP contribution is -2.48. The molecule has 2 aromatic heterocycles. The lowest BCUT2D eigenvalue weighted by atomic mass is 9.98. The molecule has 1 aromatic carbocycles. The number of aromatic amines is 1. The minimum atomic E-state index is -0.460. The molecular formula is C19H19FN6O2. The van der Waals surface area contributed by atoms with E-state index in [1.165, 1.54) is 18.3 Å². The second-order valence-electron chi connectivity index (χ2n) is 6.61. The minimum absolute atomic E-state index is 0.0260. The maximum absolute atomic E-state index is 14.5. The van der Waals surface area contributed by atoms with Crippen molar-refractivity contribution in [2.24, 2.45) is 0 Å². The number of nitrogens with one attached hydrogen (secondary N) is 1. The first-order valence-corrected chi connectivity index (χ1v) is 8.96. The number of aromatic nitrogens is 3. The number of benzene rings is 1. The Morgan fingerprint density at radius 3 is 2.50 bits per heavy atom. The van der Waals surface area contributed by atoms with Crippen molar-refractivity contribution in [3.05, 3.63) is 82.0 Å². The van der Waals surface area contributed by atoms with Crippen LogP contribution in [0.3, 0.4) is 0 Å². The summed E-state index contributed by atoms with van der Waals surface area (Å²) in [6.45, 7) is 2.77. The van der Waals surface area contributed by atoms with Crippen LogP contribution in [-0.4, -0.2) is 51.2 Å². The van der Waals surface area contributed by atoms with Crippen LogP contribution in [-0.2, 0) is 0 Å². The molecule has 1 atom stereocenters. The Bertz CT molecular complexity index is 939. The zero-order valence-electron chi connectivity index (χ0n) is 15.0. The number of hydrogen-bond acceptors (Lipinski definition) is 6. The Balaban J connectivity index is 1.52. The van der Waals surface area contributed by atoms with E-state index >= 15 is 0 Å². The van der Waals surface area contributed by atoms with E-state index in [1.807, 2.05) is 6.07 Å². The van der Waals surface area contributed by atoms with Gasteiger partial charge in [-0.25, -0.2) is 9.37 Å². The molecule has 3 aromatic rings. The molecule has 8 nitrogen and oxygen atoms in total. The topological polar surface area (TPSA) is 91.2 Å². The lowest BCUT2D eigenvalue weighted by Gasteiger charge is -2.39. The van der Waals surface area contributed by atoms with Crippen molar-refractivity contribution < 1.29 is 9.31 Å². The summed E-state index contributed by atoms with van der Waals surface area (Å²) in [5.74, 6) is 0.462. The van der Waals surface area contributed by atoms with Gasteiger partial charge in [-0.1, -0.05) is 18.2 Å². The Kier molecular flexibility index (Phi) is 4.98. The van der Waals surface area contributed by atoms with E-state index in [0.29, 0.717) is 37.6 Å². The van der Waals surface area contributed by atoms with Crippen LogP contribution in [0.5, 0.6) is 0 Å². The van der Waals surface area contributed by atoms with Gasteiger partial charge < -0.3 is 4.90 Å². The monoisotopic (exact) mass is 382 g/mol. The second kappa shape index (κ2) is 7.73. The molecule has 28 heavy (non-hydrogen) atoms. The molecule has 0 bridgehead atoms. The van der Waals surface area contributed by atoms with E-state index in [9.17, 15) is 14.5 Å². The zero-order valence-corrected chi connectivity index (χ0v) is 15.0. The summed E-state index contributed by atoms with van der Waals surface area (Å²) in [7, 11) is 0. The smallest absolute Gasteiger partial charge is 0.287 e. The molecule has 1 fully saturated rings. The van der Waals surface area contributed by atoms with Gasteiger partial charge in [0.05, 0.1) is 17.2 Å². The number of nitro groups is 1. The van der Waals surface area contributed by atoms with E-state index in [4.69, 9.17) is 0 Å². The Morgan fingerprint density at radius 1 is 1.11 bits per heavy atom. The minimum Gasteiger partial charge on any atom is -0.354 e. The molecule has 0 spiro atoms. The van der Waals surface area contributed by atoms with Gasteiger partial charge in [-0.05, 0) is 12.1 Å². The third-order valence-corrected chi connectivity index (χ3v) is 4.98. The number of hydrogen-bond donors (Lipinski definition) is 1. The van der Waals surface area contributed by atoms with Crippen LogP contribution in [0.2, 0.25) is 0 Å². The number of H-pyrrole nitrogens is 1. The van der Waals surface area contributed by atoms with Gasteiger partial charge in [0.2, 0.25) is 0 Å². The van der Waals surface area contributed by atoms with Crippen molar-refractivity contribution in [1.29, 1.82) is 0 Å². The molecule has 4 rings (SSSR count). The Morgan fingerprint density at radius 2 is 1.89 bits per heavy atom. The molecule has 144 valence electrons. The van der Waals surface area contributed by atoms with Crippen LogP contribution in [0.25, 0.3) is 0 Å². The van der Waals surface area contributed by atoms with E-state index in [-0.39, 0.29) is 17.5 Å². The number of anilines is 1. The van der Waals surface area contributed by atoms with Crippen molar-refractivity contribution in [2.75, 3.05) is 31.1 Å². The standard InChI is InChI=1S/C19H19FN6O2/c20-17-4-2-1-3-16(17)19(14-11-22-23-12-14)25-9-7-24(8-10-25)18-6-5-15(13-21-18)26(27)28/h1-6,11-13,19H,7-10H2,(H,22,23). The average molecular weight is 382 g/mol. The van der Waals surface area contributed by atoms with E-state index < -0.39 is 4.92 Å². The van der Waals surface area contributed by atoms with Crippen LogP contribution in [0.1, 0.15) is 17.2 Å². The van der Waals surface area contributed by atoms with Crippen LogP contribution in [0.4, 0.5) is 15.9 Å². The molecule has 1 aliphatic heterocycles. The molecule has 9 heteroatoms.